The fourth-order valence-electron chi connectivity index (χ4n) is 2.18. The van der Waals surface area contributed by atoms with Crippen molar-refractivity contribution in [2.24, 2.45) is 5.84 Å². The van der Waals surface area contributed by atoms with E-state index in [0.29, 0.717) is 12.2 Å². The van der Waals surface area contributed by atoms with Gasteiger partial charge in [0.05, 0.1) is 16.2 Å². The van der Waals surface area contributed by atoms with Gasteiger partial charge in [0.2, 0.25) is 0 Å². The van der Waals surface area contributed by atoms with Crippen LogP contribution in [0.3, 0.4) is 0 Å². The normalized spacial score (nSPS) is 13.9. The molecule has 0 bridgehead atoms. The Morgan fingerprint density at radius 3 is 2.75 bits per heavy atom. The Morgan fingerprint density at radius 1 is 1.55 bits per heavy atom. The second-order valence-corrected chi connectivity index (χ2v) is 4.86. The van der Waals surface area contributed by atoms with E-state index in [1.807, 2.05) is 6.92 Å². The number of hydrogen-bond donors (Lipinski definition) is 2. The molecule has 20 heavy (non-hydrogen) atoms. The average Bonchev–Trinajstić information content (AvgIpc) is 3.27. The molecule has 7 heteroatoms. The lowest BCUT2D eigenvalue weighted by Crippen LogP contribution is -2.34. The zero-order chi connectivity index (χ0) is 14.7. The lowest BCUT2D eigenvalue weighted by atomic mass is 10.1. The molecule has 1 aromatic carbocycles. The van der Waals surface area contributed by atoms with Gasteiger partial charge in [-0.3, -0.25) is 20.8 Å². The molecule has 7 nitrogen and oxygen atoms in total. The van der Waals surface area contributed by atoms with Crippen molar-refractivity contribution in [3.05, 3.63) is 33.9 Å². The lowest BCUT2D eigenvalue weighted by molar-refractivity contribution is -0.384. The quantitative estimate of drug-likeness (QED) is 0.470. The molecule has 3 N–H and O–H groups in total. The van der Waals surface area contributed by atoms with E-state index in [4.69, 9.17) is 5.84 Å². The Morgan fingerprint density at radius 2 is 2.25 bits per heavy atom. The summed E-state index contributed by atoms with van der Waals surface area (Å²) in [5.74, 6) is 5.19. The Labute approximate surface area is 116 Å². The summed E-state index contributed by atoms with van der Waals surface area (Å²) in [6, 6.07) is 4.32. The number of nitrogen functional groups attached to an aromatic ring is 1. The summed E-state index contributed by atoms with van der Waals surface area (Å²) in [6.07, 6.45) is 2.83. The maximum atomic E-state index is 12.6. The van der Waals surface area contributed by atoms with Gasteiger partial charge >= 0.3 is 0 Å². The summed E-state index contributed by atoms with van der Waals surface area (Å²) in [5, 5.41) is 10.8. The number of nitrogens with one attached hydrogen (secondary N) is 1. The average molecular weight is 278 g/mol. The predicted octanol–water partition coefficient (Wildman–Crippen LogP) is 1.89. The van der Waals surface area contributed by atoms with Gasteiger partial charge in [-0.05, 0) is 25.3 Å². The molecule has 0 atom stereocenters. The molecule has 1 aliphatic rings. The smallest absolute Gasteiger partial charge is 0.270 e. The van der Waals surface area contributed by atoms with Gasteiger partial charge in [0.15, 0.2) is 0 Å². The number of carbonyl (C=O) groups excluding carboxylic acids is 1. The molecule has 0 aliphatic heterocycles. The number of nitro benzene ring substituents is 1. The van der Waals surface area contributed by atoms with Gasteiger partial charge in [-0.2, -0.15) is 0 Å². The van der Waals surface area contributed by atoms with Gasteiger partial charge in [0.1, 0.15) is 0 Å². The first-order chi connectivity index (χ1) is 9.58. The van der Waals surface area contributed by atoms with Gasteiger partial charge in [0.25, 0.3) is 11.6 Å². The van der Waals surface area contributed by atoms with Crippen molar-refractivity contribution in [2.45, 2.75) is 32.2 Å². The Balaban J connectivity index is 2.35. The van der Waals surface area contributed by atoms with E-state index in [1.54, 1.807) is 4.90 Å². The second-order valence-electron chi connectivity index (χ2n) is 4.86. The SMILES string of the molecule is CCCN(C(=O)c1cc([N+](=O)[O-])ccc1NN)C1CC1. The molecule has 1 aliphatic carbocycles. The molecule has 1 amide bonds. The van der Waals surface area contributed by atoms with Crippen LogP contribution >= 0.6 is 0 Å². The molecule has 1 saturated carbocycles. The summed E-state index contributed by atoms with van der Waals surface area (Å²) >= 11 is 0. The Bertz CT molecular complexity index is 528. The molecular formula is C13H18N4O3. The molecule has 2 rings (SSSR count). The van der Waals surface area contributed by atoms with E-state index in [2.05, 4.69) is 5.43 Å². The first kappa shape index (κ1) is 14.3. The van der Waals surface area contributed by atoms with E-state index in [0.717, 1.165) is 19.3 Å². The fraction of sp³-hybridized carbons (Fsp3) is 0.462. The van der Waals surface area contributed by atoms with Crippen LogP contribution in [0.15, 0.2) is 18.2 Å². The summed E-state index contributed by atoms with van der Waals surface area (Å²) < 4.78 is 0. The van der Waals surface area contributed by atoms with Gasteiger partial charge in [-0.1, -0.05) is 6.92 Å². The van der Waals surface area contributed by atoms with Crippen molar-refractivity contribution in [3.63, 3.8) is 0 Å². The number of non-ortho nitro benzene ring substituents is 1. The first-order valence-corrected chi connectivity index (χ1v) is 6.64. The van der Waals surface area contributed by atoms with Crippen molar-refractivity contribution >= 4 is 17.3 Å². The largest absolute Gasteiger partial charge is 0.336 e. The third-order valence-corrected chi connectivity index (χ3v) is 3.31. The van der Waals surface area contributed by atoms with Gasteiger partial charge in [-0.15, -0.1) is 0 Å². The summed E-state index contributed by atoms with van der Waals surface area (Å²) in [5.41, 5.74) is 2.97. The van der Waals surface area contributed by atoms with E-state index >= 15 is 0 Å². The van der Waals surface area contributed by atoms with Crippen LogP contribution in [0.1, 0.15) is 36.5 Å². The topological polar surface area (TPSA) is 102 Å². The highest BCUT2D eigenvalue weighted by Gasteiger charge is 2.33. The van der Waals surface area contributed by atoms with E-state index in [-0.39, 0.29) is 23.2 Å². The maximum absolute atomic E-state index is 12.6. The molecule has 0 unspecified atom stereocenters. The number of nitro groups is 1. The Kier molecular flexibility index (Phi) is 4.19. The van der Waals surface area contributed by atoms with Gasteiger partial charge in [-0.25, -0.2) is 0 Å². The number of carbonyl (C=O) groups is 1. The van der Waals surface area contributed by atoms with Crippen molar-refractivity contribution in [2.75, 3.05) is 12.0 Å². The molecule has 0 saturated heterocycles. The number of hydrogen-bond acceptors (Lipinski definition) is 5. The molecule has 1 fully saturated rings. The minimum absolute atomic E-state index is 0.111. The minimum Gasteiger partial charge on any atom is -0.336 e. The van der Waals surface area contributed by atoms with Gasteiger partial charge in [0, 0.05) is 24.7 Å². The standard InChI is InChI=1S/C13H18N4O3/c1-2-7-16(9-3-4-9)13(18)11-8-10(17(19)20)5-6-12(11)15-14/h5-6,8-9,15H,2-4,7,14H2,1H3. The van der Waals surface area contributed by atoms with Crippen LogP contribution in [-0.4, -0.2) is 28.3 Å². The van der Waals surface area contributed by atoms with Crippen molar-refractivity contribution in [1.29, 1.82) is 0 Å². The van der Waals surface area contributed by atoms with Crippen molar-refractivity contribution < 1.29 is 9.72 Å². The number of benzene rings is 1. The number of amides is 1. The maximum Gasteiger partial charge on any atom is 0.270 e. The van der Waals surface area contributed by atoms with Crippen molar-refractivity contribution in [1.82, 2.24) is 4.90 Å². The first-order valence-electron chi connectivity index (χ1n) is 6.64. The predicted molar refractivity (Wildman–Crippen MR) is 75.3 cm³/mol. The zero-order valence-electron chi connectivity index (χ0n) is 11.3. The van der Waals surface area contributed by atoms with Crippen molar-refractivity contribution in [3.8, 4) is 0 Å². The van der Waals surface area contributed by atoms with Crippen LogP contribution in [0.5, 0.6) is 0 Å². The number of rotatable bonds is 6. The zero-order valence-corrected chi connectivity index (χ0v) is 11.3. The van der Waals surface area contributed by atoms with Gasteiger partial charge < -0.3 is 10.3 Å². The summed E-state index contributed by atoms with van der Waals surface area (Å²) in [4.78, 5) is 24.7. The highest BCUT2D eigenvalue weighted by Crippen LogP contribution is 2.31. The number of hydrazine groups is 1. The third kappa shape index (κ3) is 2.88. The van der Waals surface area contributed by atoms with Crippen LogP contribution in [0.25, 0.3) is 0 Å². The van der Waals surface area contributed by atoms with Crippen LogP contribution < -0.4 is 11.3 Å². The molecule has 0 radical (unpaired) electrons. The van der Waals surface area contributed by atoms with Crippen LogP contribution in [0.2, 0.25) is 0 Å². The fourth-order valence-corrected chi connectivity index (χ4v) is 2.18. The number of anilines is 1. The minimum atomic E-state index is -0.516. The molecular weight excluding hydrogens is 260 g/mol. The lowest BCUT2D eigenvalue weighted by Gasteiger charge is -2.22. The molecule has 1 aromatic rings. The molecule has 0 spiro atoms. The highest BCUT2D eigenvalue weighted by atomic mass is 16.6. The monoisotopic (exact) mass is 278 g/mol. The summed E-state index contributed by atoms with van der Waals surface area (Å²) in [6.45, 7) is 2.65. The highest BCUT2D eigenvalue weighted by molar-refractivity contribution is 6.00. The number of nitrogens with two attached hydrogens (primary N) is 1. The Hall–Kier alpha value is -2.15. The van der Waals surface area contributed by atoms with Crippen LogP contribution in [0, 0.1) is 10.1 Å². The molecule has 0 heterocycles. The summed E-state index contributed by atoms with van der Waals surface area (Å²) in [7, 11) is 0. The molecule has 0 aromatic heterocycles. The number of nitrogens with zero attached hydrogens (tertiary/aromatic N) is 2. The van der Waals surface area contributed by atoms with E-state index in [9.17, 15) is 14.9 Å². The molecule has 108 valence electrons. The second kappa shape index (κ2) is 5.87. The van der Waals surface area contributed by atoms with E-state index < -0.39 is 4.92 Å². The van der Waals surface area contributed by atoms with E-state index in [1.165, 1.54) is 18.2 Å². The third-order valence-electron chi connectivity index (χ3n) is 3.31. The van der Waals surface area contributed by atoms with Crippen LogP contribution in [0.4, 0.5) is 11.4 Å². The van der Waals surface area contributed by atoms with Crippen LogP contribution in [-0.2, 0) is 0 Å².